The Hall–Kier alpha value is -2.01. The molecule has 1 aromatic rings. The number of carbonyl (C=O) groups excluding carboxylic acids is 2. The van der Waals surface area contributed by atoms with Crippen LogP contribution in [-0.4, -0.2) is 97.9 Å². The van der Waals surface area contributed by atoms with E-state index in [1.807, 2.05) is 24.1 Å². The van der Waals surface area contributed by atoms with Crippen LogP contribution in [0.25, 0.3) is 0 Å². The molecule has 10 heteroatoms. The second kappa shape index (κ2) is 8.09. The predicted octanol–water partition coefficient (Wildman–Crippen LogP) is 0.455. The fraction of sp³-hybridized carbons (Fsp3) is 0.636. The van der Waals surface area contributed by atoms with E-state index in [1.54, 1.807) is 6.07 Å². The predicted molar refractivity (Wildman–Crippen MR) is 119 cm³/mol. The Bertz CT molecular complexity index is 1030. The molecule has 3 fully saturated rings. The van der Waals surface area contributed by atoms with Crippen LogP contribution < -0.4 is 5.32 Å². The molecule has 3 aliphatic heterocycles. The molecule has 0 aromatic heterocycles. The van der Waals surface area contributed by atoms with Gasteiger partial charge >= 0.3 is 6.03 Å². The summed E-state index contributed by atoms with van der Waals surface area (Å²) in [6.45, 7) is 3.42. The highest BCUT2D eigenvalue weighted by Gasteiger charge is 2.52. The number of hydrogen-bond donors (Lipinski definition) is 1. The van der Waals surface area contributed by atoms with E-state index in [4.69, 9.17) is 0 Å². The maximum absolute atomic E-state index is 13.1. The lowest BCUT2D eigenvalue weighted by Gasteiger charge is -2.37. The molecule has 5 rings (SSSR count). The molecule has 1 spiro atoms. The number of benzene rings is 1. The average molecular weight is 462 g/mol. The van der Waals surface area contributed by atoms with Crippen molar-refractivity contribution < 1.29 is 18.0 Å². The molecule has 1 aliphatic carbocycles. The topological polar surface area (TPSA) is 93.3 Å². The standard InChI is InChI=1S/C22H31N5O4S/c1-24-9-7-22(8-10-24)20(28)27(21(29)23-22)16-25-11-13-26(14-12-25)32(30,31)19-6-5-17-3-2-4-18(17)15-19/h5-6,15H,2-4,7-14,16H2,1H3,(H,23,29). The number of rotatable bonds is 4. The van der Waals surface area contributed by atoms with Crippen LogP contribution >= 0.6 is 0 Å². The van der Waals surface area contributed by atoms with Crippen molar-refractivity contribution in [2.45, 2.75) is 42.5 Å². The van der Waals surface area contributed by atoms with Crippen molar-refractivity contribution in [1.29, 1.82) is 0 Å². The van der Waals surface area contributed by atoms with E-state index in [1.165, 1.54) is 14.8 Å². The summed E-state index contributed by atoms with van der Waals surface area (Å²) in [5.74, 6) is -0.149. The van der Waals surface area contributed by atoms with Gasteiger partial charge in [-0.15, -0.1) is 0 Å². The third-order valence-electron chi connectivity index (χ3n) is 7.47. The molecule has 0 radical (unpaired) electrons. The number of piperidine rings is 1. The number of nitrogens with one attached hydrogen (secondary N) is 1. The van der Waals surface area contributed by atoms with Crippen molar-refractivity contribution in [2.75, 3.05) is 53.0 Å². The maximum atomic E-state index is 13.1. The number of hydrogen-bond acceptors (Lipinski definition) is 6. The van der Waals surface area contributed by atoms with Gasteiger partial charge in [-0.05, 0) is 62.4 Å². The molecule has 0 bridgehead atoms. The van der Waals surface area contributed by atoms with Crippen molar-refractivity contribution in [2.24, 2.45) is 0 Å². The van der Waals surface area contributed by atoms with Gasteiger partial charge in [0, 0.05) is 39.3 Å². The molecule has 0 atom stereocenters. The van der Waals surface area contributed by atoms with E-state index < -0.39 is 15.6 Å². The van der Waals surface area contributed by atoms with E-state index >= 15 is 0 Å². The molecule has 3 amide bonds. The number of urea groups is 1. The number of likely N-dealkylation sites (tertiary alicyclic amines) is 1. The number of imide groups is 1. The third-order valence-corrected chi connectivity index (χ3v) is 9.36. The summed E-state index contributed by atoms with van der Waals surface area (Å²) in [7, 11) is -1.53. The van der Waals surface area contributed by atoms with Crippen molar-refractivity contribution >= 4 is 22.0 Å². The Balaban J connectivity index is 1.21. The van der Waals surface area contributed by atoms with Crippen LogP contribution in [0.4, 0.5) is 4.79 Å². The smallest absolute Gasteiger partial charge is 0.323 e. The van der Waals surface area contributed by atoms with Gasteiger partial charge in [0.1, 0.15) is 5.54 Å². The number of amides is 3. The van der Waals surface area contributed by atoms with Gasteiger partial charge in [-0.25, -0.2) is 18.1 Å². The SMILES string of the molecule is CN1CCC2(CC1)NC(=O)N(CN1CCN(S(=O)(=O)c3ccc4c(c3)CCC4)CC1)C2=O. The van der Waals surface area contributed by atoms with Gasteiger partial charge in [0.05, 0.1) is 11.6 Å². The molecule has 0 unspecified atom stereocenters. The largest absolute Gasteiger partial charge is 0.326 e. The Morgan fingerprint density at radius 3 is 2.38 bits per heavy atom. The molecular formula is C22H31N5O4S. The highest BCUT2D eigenvalue weighted by Crippen LogP contribution is 2.30. The first-order chi connectivity index (χ1) is 15.3. The summed E-state index contributed by atoms with van der Waals surface area (Å²) >= 11 is 0. The van der Waals surface area contributed by atoms with Gasteiger partial charge < -0.3 is 10.2 Å². The minimum Gasteiger partial charge on any atom is -0.323 e. The van der Waals surface area contributed by atoms with Gasteiger partial charge in [-0.3, -0.25) is 9.69 Å². The van der Waals surface area contributed by atoms with Crippen LogP contribution in [0, 0.1) is 0 Å². The summed E-state index contributed by atoms with van der Waals surface area (Å²) in [6, 6.07) is 5.16. The number of piperazine rings is 1. The van der Waals surface area contributed by atoms with E-state index in [2.05, 4.69) is 10.2 Å². The number of fused-ring (bicyclic) bond motifs is 1. The van der Waals surface area contributed by atoms with Crippen LogP contribution in [-0.2, 0) is 27.7 Å². The fourth-order valence-electron chi connectivity index (χ4n) is 5.31. The summed E-state index contributed by atoms with van der Waals surface area (Å²) in [4.78, 5) is 31.4. The van der Waals surface area contributed by atoms with Crippen LogP contribution in [0.3, 0.4) is 0 Å². The van der Waals surface area contributed by atoms with Crippen molar-refractivity contribution in [3.05, 3.63) is 29.3 Å². The Kier molecular flexibility index (Phi) is 5.51. The first-order valence-corrected chi connectivity index (χ1v) is 12.9. The minimum absolute atomic E-state index is 0.149. The molecule has 3 saturated heterocycles. The quantitative estimate of drug-likeness (QED) is 0.655. The zero-order valence-corrected chi connectivity index (χ0v) is 19.4. The fourth-order valence-corrected chi connectivity index (χ4v) is 6.79. The first-order valence-electron chi connectivity index (χ1n) is 11.5. The number of aryl methyl sites for hydroxylation is 2. The van der Waals surface area contributed by atoms with Gasteiger partial charge in [0.15, 0.2) is 0 Å². The zero-order valence-electron chi connectivity index (χ0n) is 18.5. The molecule has 1 N–H and O–H groups in total. The van der Waals surface area contributed by atoms with Crippen molar-refractivity contribution in [3.63, 3.8) is 0 Å². The molecule has 174 valence electrons. The van der Waals surface area contributed by atoms with Gasteiger partial charge in [0.25, 0.3) is 5.91 Å². The number of carbonyl (C=O) groups is 2. The molecule has 9 nitrogen and oxygen atoms in total. The monoisotopic (exact) mass is 461 g/mol. The van der Waals surface area contributed by atoms with E-state index in [-0.39, 0.29) is 18.6 Å². The second-order valence-corrected chi connectivity index (χ2v) is 11.4. The highest BCUT2D eigenvalue weighted by molar-refractivity contribution is 7.89. The maximum Gasteiger partial charge on any atom is 0.326 e. The van der Waals surface area contributed by atoms with Crippen LogP contribution in [0.2, 0.25) is 0 Å². The molecule has 32 heavy (non-hydrogen) atoms. The van der Waals surface area contributed by atoms with Gasteiger partial charge in [-0.2, -0.15) is 4.31 Å². The van der Waals surface area contributed by atoms with E-state index in [9.17, 15) is 18.0 Å². The Morgan fingerprint density at radius 1 is 0.969 bits per heavy atom. The van der Waals surface area contributed by atoms with E-state index in [0.717, 1.165) is 37.9 Å². The molecule has 4 aliphatic rings. The number of nitrogens with zero attached hydrogens (tertiary/aromatic N) is 4. The van der Waals surface area contributed by atoms with Crippen LogP contribution in [0.1, 0.15) is 30.4 Å². The van der Waals surface area contributed by atoms with Gasteiger partial charge in [-0.1, -0.05) is 6.07 Å². The Labute approximate surface area is 189 Å². The lowest BCUT2D eigenvalue weighted by Crippen LogP contribution is -2.55. The van der Waals surface area contributed by atoms with Crippen LogP contribution in [0.15, 0.2) is 23.1 Å². The minimum atomic E-state index is -3.54. The van der Waals surface area contributed by atoms with Crippen LogP contribution in [0.5, 0.6) is 0 Å². The lowest BCUT2D eigenvalue weighted by molar-refractivity contribution is -0.134. The summed E-state index contributed by atoms with van der Waals surface area (Å²) < 4.78 is 27.8. The average Bonchev–Trinajstić information content (AvgIpc) is 3.34. The van der Waals surface area contributed by atoms with Crippen molar-refractivity contribution in [3.8, 4) is 0 Å². The normalized spacial score (nSPS) is 24.8. The number of sulfonamides is 1. The molecular weight excluding hydrogens is 430 g/mol. The summed E-state index contributed by atoms with van der Waals surface area (Å²) in [5.41, 5.74) is 1.62. The Morgan fingerprint density at radius 2 is 1.66 bits per heavy atom. The summed E-state index contributed by atoms with van der Waals surface area (Å²) in [5, 5.41) is 2.93. The second-order valence-electron chi connectivity index (χ2n) is 9.50. The zero-order chi connectivity index (χ0) is 22.5. The summed E-state index contributed by atoms with van der Waals surface area (Å²) in [6.07, 6.45) is 4.29. The lowest BCUT2D eigenvalue weighted by atomic mass is 9.88. The van der Waals surface area contributed by atoms with Crippen molar-refractivity contribution in [1.82, 2.24) is 24.3 Å². The highest BCUT2D eigenvalue weighted by atomic mass is 32.2. The first kappa shape index (κ1) is 21.8. The molecule has 1 aromatic carbocycles. The van der Waals surface area contributed by atoms with Gasteiger partial charge in [0.2, 0.25) is 10.0 Å². The third kappa shape index (κ3) is 3.72. The molecule has 3 heterocycles. The molecule has 0 saturated carbocycles. The van der Waals surface area contributed by atoms with E-state index in [0.29, 0.717) is 43.9 Å².